The van der Waals surface area contributed by atoms with E-state index in [0.29, 0.717) is 0 Å². The molecule has 0 aliphatic rings. The number of rotatable bonds is 3. The molecule has 0 aliphatic heterocycles. The van der Waals surface area contributed by atoms with E-state index in [2.05, 4.69) is 18.3 Å². The Balaban J connectivity index is 2.93. The Labute approximate surface area is 91.7 Å². The fourth-order valence-corrected chi connectivity index (χ4v) is 1.54. The third-order valence-corrected chi connectivity index (χ3v) is 2.23. The number of carbonyl (C=O) groups is 1. The highest BCUT2D eigenvalue weighted by molar-refractivity contribution is 5.94. The molecule has 0 aliphatic carbocycles. The van der Waals surface area contributed by atoms with Gasteiger partial charge in [0, 0.05) is 11.6 Å². The van der Waals surface area contributed by atoms with Crippen molar-refractivity contribution in [2.75, 3.05) is 0 Å². The maximum Gasteiger partial charge on any atom is 0.251 e. The van der Waals surface area contributed by atoms with E-state index >= 15 is 0 Å². The highest BCUT2D eigenvalue weighted by Crippen LogP contribution is 2.10. The summed E-state index contributed by atoms with van der Waals surface area (Å²) >= 11 is 0. The molecule has 0 saturated carbocycles. The summed E-state index contributed by atoms with van der Waals surface area (Å²) in [7, 11) is 0. The Hall–Kier alpha value is -1.31. The van der Waals surface area contributed by atoms with Crippen LogP contribution in [0.15, 0.2) is 18.2 Å². The number of amides is 1. The van der Waals surface area contributed by atoms with Gasteiger partial charge < -0.3 is 5.32 Å². The molecule has 0 radical (unpaired) electrons. The molecule has 0 atom stereocenters. The van der Waals surface area contributed by atoms with Gasteiger partial charge in [0.2, 0.25) is 0 Å². The Bertz CT molecular complexity index is 356. The van der Waals surface area contributed by atoms with Crippen LogP contribution in [0.1, 0.15) is 42.3 Å². The van der Waals surface area contributed by atoms with Crippen molar-refractivity contribution in [3.05, 3.63) is 34.9 Å². The minimum absolute atomic E-state index is 0.0170. The number of benzene rings is 1. The molecule has 1 amide bonds. The molecule has 1 aromatic carbocycles. The van der Waals surface area contributed by atoms with Crippen molar-refractivity contribution in [2.24, 2.45) is 0 Å². The average molecular weight is 205 g/mol. The predicted octanol–water partition coefficient (Wildman–Crippen LogP) is 2.70. The van der Waals surface area contributed by atoms with E-state index in [1.165, 1.54) is 5.56 Å². The molecule has 0 heterocycles. The summed E-state index contributed by atoms with van der Waals surface area (Å²) in [5, 5.41) is 2.90. The van der Waals surface area contributed by atoms with Crippen molar-refractivity contribution in [2.45, 2.75) is 40.2 Å². The van der Waals surface area contributed by atoms with E-state index in [1.807, 2.05) is 32.9 Å². The largest absolute Gasteiger partial charge is 0.350 e. The first-order valence-electron chi connectivity index (χ1n) is 5.44. The fourth-order valence-electron chi connectivity index (χ4n) is 1.54. The first-order valence-corrected chi connectivity index (χ1v) is 5.44. The van der Waals surface area contributed by atoms with Crippen LogP contribution in [-0.4, -0.2) is 11.9 Å². The van der Waals surface area contributed by atoms with Crippen LogP contribution in [0, 0.1) is 6.92 Å². The van der Waals surface area contributed by atoms with E-state index in [1.54, 1.807) is 0 Å². The lowest BCUT2D eigenvalue weighted by molar-refractivity contribution is 0.0943. The second-order valence-electron chi connectivity index (χ2n) is 4.19. The van der Waals surface area contributed by atoms with Crippen LogP contribution in [0.25, 0.3) is 0 Å². The van der Waals surface area contributed by atoms with E-state index in [9.17, 15) is 4.79 Å². The minimum atomic E-state index is 0.0170. The molecular formula is C13H19NO. The zero-order valence-electron chi connectivity index (χ0n) is 9.92. The van der Waals surface area contributed by atoms with Gasteiger partial charge in [-0.05, 0) is 44.9 Å². The third-order valence-electron chi connectivity index (χ3n) is 2.23. The molecule has 0 unspecified atom stereocenters. The summed E-state index contributed by atoms with van der Waals surface area (Å²) in [6.45, 7) is 8.05. The van der Waals surface area contributed by atoms with Crippen LogP contribution < -0.4 is 5.32 Å². The molecule has 1 aromatic rings. The van der Waals surface area contributed by atoms with Crippen molar-refractivity contribution in [1.82, 2.24) is 5.32 Å². The van der Waals surface area contributed by atoms with Gasteiger partial charge in [-0.3, -0.25) is 4.79 Å². The summed E-state index contributed by atoms with van der Waals surface area (Å²) in [4.78, 5) is 11.8. The molecule has 0 fully saturated rings. The van der Waals surface area contributed by atoms with Gasteiger partial charge in [0.1, 0.15) is 0 Å². The molecule has 0 saturated heterocycles. The topological polar surface area (TPSA) is 29.1 Å². The van der Waals surface area contributed by atoms with Crippen LogP contribution >= 0.6 is 0 Å². The summed E-state index contributed by atoms with van der Waals surface area (Å²) in [6, 6.07) is 6.19. The number of aryl methyl sites for hydroxylation is 2. The van der Waals surface area contributed by atoms with Gasteiger partial charge in [-0.1, -0.05) is 18.6 Å². The molecule has 2 heteroatoms. The first-order chi connectivity index (χ1) is 7.02. The number of carbonyl (C=O) groups excluding carboxylic acids is 1. The van der Waals surface area contributed by atoms with E-state index in [0.717, 1.165) is 17.5 Å². The van der Waals surface area contributed by atoms with E-state index in [-0.39, 0.29) is 11.9 Å². The van der Waals surface area contributed by atoms with Crippen LogP contribution in [-0.2, 0) is 6.42 Å². The lowest BCUT2D eigenvalue weighted by Crippen LogP contribution is -2.30. The molecule has 0 aromatic heterocycles. The van der Waals surface area contributed by atoms with Crippen molar-refractivity contribution < 1.29 is 4.79 Å². The van der Waals surface area contributed by atoms with Crippen LogP contribution in [0.5, 0.6) is 0 Å². The quantitative estimate of drug-likeness (QED) is 0.807. The lowest BCUT2D eigenvalue weighted by Gasteiger charge is -2.10. The smallest absolute Gasteiger partial charge is 0.251 e. The summed E-state index contributed by atoms with van der Waals surface area (Å²) in [6.07, 6.45) is 0.962. The maximum atomic E-state index is 11.8. The van der Waals surface area contributed by atoms with Crippen molar-refractivity contribution in [3.63, 3.8) is 0 Å². The van der Waals surface area contributed by atoms with Gasteiger partial charge in [0.05, 0.1) is 0 Å². The van der Waals surface area contributed by atoms with Crippen molar-refractivity contribution >= 4 is 5.91 Å². The standard InChI is InChI=1S/C13H19NO/c1-5-11-6-10(4)7-12(8-11)13(15)14-9(2)3/h6-9H,5H2,1-4H3,(H,14,15). The highest BCUT2D eigenvalue weighted by Gasteiger charge is 2.07. The predicted molar refractivity (Wildman–Crippen MR) is 63.2 cm³/mol. The monoisotopic (exact) mass is 205 g/mol. The van der Waals surface area contributed by atoms with Gasteiger partial charge in [-0.15, -0.1) is 0 Å². The van der Waals surface area contributed by atoms with Gasteiger partial charge >= 0.3 is 0 Å². The molecule has 1 rings (SSSR count). The van der Waals surface area contributed by atoms with Crippen molar-refractivity contribution in [1.29, 1.82) is 0 Å². The summed E-state index contributed by atoms with van der Waals surface area (Å²) in [5.74, 6) is 0.0170. The van der Waals surface area contributed by atoms with Gasteiger partial charge in [-0.25, -0.2) is 0 Å². The SMILES string of the molecule is CCc1cc(C)cc(C(=O)NC(C)C)c1. The maximum absolute atomic E-state index is 11.8. The molecule has 1 N–H and O–H groups in total. The third kappa shape index (κ3) is 3.39. The number of nitrogens with one attached hydrogen (secondary N) is 1. The van der Waals surface area contributed by atoms with Crippen molar-refractivity contribution in [3.8, 4) is 0 Å². The Kier molecular flexibility index (Phi) is 3.89. The molecule has 15 heavy (non-hydrogen) atoms. The molecule has 0 bridgehead atoms. The van der Waals surface area contributed by atoms with Gasteiger partial charge in [0.15, 0.2) is 0 Å². The molecule has 82 valence electrons. The minimum Gasteiger partial charge on any atom is -0.350 e. The lowest BCUT2D eigenvalue weighted by atomic mass is 10.0. The first kappa shape index (κ1) is 11.8. The normalized spacial score (nSPS) is 10.5. The number of hydrogen-bond donors (Lipinski definition) is 1. The fraction of sp³-hybridized carbons (Fsp3) is 0.462. The average Bonchev–Trinajstić information content (AvgIpc) is 2.15. The summed E-state index contributed by atoms with van der Waals surface area (Å²) in [5.41, 5.74) is 3.12. The number of hydrogen-bond acceptors (Lipinski definition) is 1. The highest BCUT2D eigenvalue weighted by atomic mass is 16.1. The Morgan fingerprint density at radius 1 is 1.33 bits per heavy atom. The molecule has 0 spiro atoms. The van der Waals surface area contributed by atoms with Crippen LogP contribution in [0.2, 0.25) is 0 Å². The van der Waals surface area contributed by atoms with E-state index < -0.39 is 0 Å². The van der Waals surface area contributed by atoms with Gasteiger partial charge in [-0.2, -0.15) is 0 Å². The second kappa shape index (κ2) is 4.96. The van der Waals surface area contributed by atoms with E-state index in [4.69, 9.17) is 0 Å². The Morgan fingerprint density at radius 3 is 2.53 bits per heavy atom. The van der Waals surface area contributed by atoms with Crippen LogP contribution in [0.4, 0.5) is 0 Å². The van der Waals surface area contributed by atoms with Crippen LogP contribution in [0.3, 0.4) is 0 Å². The molecule has 2 nitrogen and oxygen atoms in total. The second-order valence-corrected chi connectivity index (χ2v) is 4.19. The zero-order valence-corrected chi connectivity index (χ0v) is 9.92. The molecular weight excluding hydrogens is 186 g/mol. The summed E-state index contributed by atoms with van der Waals surface area (Å²) < 4.78 is 0. The Morgan fingerprint density at radius 2 is 2.00 bits per heavy atom. The zero-order chi connectivity index (χ0) is 11.4. The van der Waals surface area contributed by atoms with Gasteiger partial charge in [0.25, 0.3) is 5.91 Å².